The first-order valence-corrected chi connectivity index (χ1v) is 35.3. The van der Waals surface area contributed by atoms with Gasteiger partial charge in [0.05, 0.1) is 39.6 Å². The highest BCUT2D eigenvalue weighted by atomic mass is 16.7. The van der Waals surface area contributed by atoms with Crippen LogP contribution in [0, 0.1) is 0 Å². The van der Waals surface area contributed by atoms with Gasteiger partial charge in [-0.1, -0.05) is 124 Å². The summed E-state index contributed by atoms with van der Waals surface area (Å²) in [6.45, 7) is 4.15. The Balaban J connectivity index is 0.000000364. The Bertz CT molecular complexity index is 3230. The SMILES string of the molecule is CC(=O)CCCc1cccc(OCCOC(=O)OCCc2cccc(OCCOC(=O)OCCCCCCCCc3cccc(OCCO)c3)c2)c1.O=C(OCCCCCCCCc1cccc(OCCO)c1)OCCOc1cccc(CCOC(=O)OCCOc2cccc(CCO)c2)c1. The van der Waals surface area contributed by atoms with Crippen LogP contribution in [0.4, 0.5) is 19.2 Å². The second-order valence-corrected chi connectivity index (χ2v) is 23.5. The van der Waals surface area contributed by atoms with Crippen LogP contribution in [0.2, 0.25) is 0 Å². The highest BCUT2D eigenvalue weighted by Gasteiger charge is 2.11. The van der Waals surface area contributed by atoms with E-state index < -0.39 is 24.6 Å². The Hall–Kier alpha value is -9.25. The molecule has 6 aromatic rings. The molecule has 6 aromatic carbocycles. The van der Waals surface area contributed by atoms with Gasteiger partial charge in [0.2, 0.25) is 0 Å². The first-order valence-electron chi connectivity index (χ1n) is 35.3. The lowest BCUT2D eigenvalue weighted by atomic mass is 10.0. The molecule has 22 nitrogen and oxygen atoms in total. The predicted octanol–water partition coefficient (Wildman–Crippen LogP) is 14.3. The van der Waals surface area contributed by atoms with Gasteiger partial charge < -0.3 is 86.4 Å². The maximum Gasteiger partial charge on any atom is 0.508 e. The van der Waals surface area contributed by atoms with Crippen molar-refractivity contribution in [2.45, 2.75) is 135 Å². The van der Waals surface area contributed by atoms with Crippen LogP contribution >= 0.6 is 0 Å². The minimum absolute atomic E-state index is 0.00761. The third-order valence-electron chi connectivity index (χ3n) is 15.2. The summed E-state index contributed by atoms with van der Waals surface area (Å²) in [6, 6.07) is 45.8. The van der Waals surface area contributed by atoms with Gasteiger partial charge >= 0.3 is 24.6 Å². The zero-order valence-electron chi connectivity index (χ0n) is 58.6. The van der Waals surface area contributed by atoms with Gasteiger partial charge in [-0.15, -0.1) is 0 Å². The van der Waals surface area contributed by atoms with Crippen LogP contribution in [-0.2, 0) is 81.2 Å². The molecule has 0 amide bonds. The van der Waals surface area contributed by atoms with Crippen molar-refractivity contribution < 1.29 is 106 Å². The first kappa shape index (κ1) is 82.4. The lowest BCUT2D eigenvalue weighted by Gasteiger charge is -2.10. The second-order valence-electron chi connectivity index (χ2n) is 23.5. The van der Waals surface area contributed by atoms with E-state index in [1.165, 1.54) is 11.1 Å². The van der Waals surface area contributed by atoms with E-state index in [4.69, 9.17) is 81.6 Å². The number of carbonyl (C=O) groups is 5. The molecule has 0 bridgehead atoms. The molecule has 0 aliphatic heterocycles. The van der Waals surface area contributed by atoms with E-state index in [9.17, 15) is 24.0 Å². The molecule has 0 aromatic heterocycles. The molecular weight excluding hydrogens is 1300 g/mol. The van der Waals surface area contributed by atoms with Crippen LogP contribution in [0.25, 0.3) is 0 Å². The first-order chi connectivity index (χ1) is 49.5. The number of rotatable bonds is 52. The summed E-state index contributed by atoms with van der Waals surface area (Å²) in [6.07, 6.45) is 15.1. The molecular formula is C79H104O22. The average molecular weight is 1410 g/mol. The Kier molecular flexibility index (Phi) is 43.8. The third kappa shape index (κ3) is 41.2. The fraction of sp³-hybridized carbons (Fsp3) is 0.481. The maximum absolute atomic E-state index is 12.0. The molecule has 0 spiro atoms. The summed E-state index contributed by atoms with van der Waals surface area (Å²) >= 11 is 0. The largest absolute Gasteiger partial charge is 0.508 e. The number of benzene rings is 6. The van der Waals surface area contributed by atoms with E-state index in [-0.39, 0.29) is 91.7 Å². The lowest BCUT2D eigenvalue weighted by molar-refractivity contribution is -0.117. The van der Waals surface area contributed by atoms with Gasteiger partial charge in [-0.2, -0.15) is 0 Å². The lowest BCUT2D eigenvalue weighted by Crippen LogP contribution is -2.15. The van der Waals surface area contributed by atoms with Crippen molar-refractivity contribution >= 4 is 30.4 Å². The molecule has 0 atom stereocenters. The fourth-order valence-electron chi connectivity index (χ4n) is 10.1. The maximum atomic E-state index is 12.0. The number of hydrogen-bond acceptors (Lipinski definition) is 22. The van der Waals surface area contributed by atoms with Crippen molar-refractivity contribution in [2.24, 2.45) is 0 Å². The second kappa shape index (κ2) is 53.6. The molecule has 0 saturated carbocycles. The van der Waals surface area contributed by atoms with Crippen molar-refractivity contribution in [1.29, 1.82) is 0 Å². The van der Waals surface area contributed by atoms with E-state index in [1.807, 2.05) is 115 Å². The summed E-state index contributed by atoms with van der Waals surface area (Å²) in [5, 5.41) is 26.8. The number of ether oxygens (including phenoxy) is 14. The van der Waals surface area contributed by atoms with Gasteiger partial charge in [0.15, 0.2) is 0 Å². The molecule has 0 aliphatic carbocycles. The molecule has 0 radical (unpaired) electrons. The number of ketones is 1. The molecule has 6 rings (SSSR count). The van der Waals surface area contributed by atoms with E-state index in [0.717, 1.165) is 136 Å². The van der Waals surface area contributed by atoms with Crippen LogP contribution in [0.3, 0.4) is 0 Å². The highest BCUT2D eigenvalue weighted by molar-refractivity contribution is 5.75. The summed E-state index contributed by atoms with van der Waals surface area (Å²) in [5.41, 5.74) is 6.34. The molecule has 0 fully saturated rings. The van der Waals surface area contributed by atoms with Gasteiger partial charge in [-0.05, 0) is 171 Å². The predicted molar refractivity (Wildman–Crippen MR) is 380 cm³/mol. The standard InChI is InChI=1S/C41H54O11.C38H50O11/c1-33(43)12-8-14-35-16-10-19-38(31-35)47-27-29-52-41(45)50-24-21-36-17-11-20-39(32-36)48-26-28-51-40(44)49-23-7-5-3-2-4-6-13-34-15-9-18-37(30-34)46-25-22-42;39-19-17-32-12-8-15-35(29-32)44-25-27-49-38(42)47-22-18-33-13-9-16-36(30-33)45-24-26-48-37(41)46-21-6-4-2-1-3-5-10-31-11-7-14-34(28-31)43-23-20-40/h9-11,15-20,30-32,42H,2-8,12-14,21-29H2,1H3;7-9,11-16,28-30,39-40H,1-6,10,17-27H2. The average Bonchev–Trinajstić information content (AvgIpc) is 1.14. The summed E-state index contributed by atoms with van der Waals surface area (Å²) < 4.78 is 74.6. The zero-order chi connectivity index (χ0) is 71.8. The monoisotopic (exact) mass is 1400 g/mol. The topological polar surface area (TPSA) is 275 Å². The van der Waals surface area contributed by atoms with Crippen LogP contribution in [-0.4, -0.2) is 158 Å². The Morgan fingerprint density at radius 2 is 0.495 bits per heavy atom. The molecule has 0 unspecified atom stereocenters. The molecule has 3 N–H and O–H groups in total. The van der Waals surface area contributed by atoms with E-state index in [2.05, 4.69) is 12.1 Å². The van der Waals surface area contributed by atoms with E-state index in [0.29, 0.717) is 75.1 Å². The third-order valence-corrected chi connectivity index (χ3v) is 15.2. The van der Waals surface area contributed by atoms with Crippen LogP contribution < -0.4 is 28.4 Å². The number of aryl methyl sites for hydroxylation is 3. The van der Waals surface area contributed by atoms with Crippen molar-refractivity contribution in [3.05, 3.63) is 179 Å². The van der Waals surface area contributed by atoms with Crippen LogP contribution in [0.1, 0.15) is 130 Å². The molecule has 0 aliphatic rings. The van der Waals surface area contributed by atoms with Gasteiger partial charge in [0.1, 0.15) is 106 Å². The van der Waals surface area contributed by atoms with Gasteiger partial charge in [-0.3, -0.25) is 0 Å². The normalized spacial score (nSPS) is 10.7. The Morgan fingerprint density at radius 3 is 0.792 bits per heavy atom. The van der Waals surface area contributed by atoms with Gasteiger partial charge in [0.25, 0.3) is 0 Å². The number of Topliss-reactive ketones (excluding diaryl/α,β-unsaturated/α-hetero) is 1. The number of aliphatic hydroxyl groups excluding tert-OH is 3. The van der Waals surface area contributed by atoms with Crippen LogP contribution in [0.15, 0.2) is 146 Å². The molecule has 22 heteroatoms. The van der Waals surface area contributed by atoms with Crippen molar-refractivity contribution in [1.82, 2.24) is 0 Å². The molecule has 0 heterocycles. The minimum Gasteiger partial charge on any atom is -0.491 e. The fourth-order valence-corrected chi connectivity index (χ4v) is 10.1. The molecule has 0 saturated heterocycles. The Morgan fingerprint density at radius 1 is 0.248 bits per heavy atom. The highest BCUT2D eigenvalue weighted by Crippen LogP contribution is 2.21. The number of hydrogen-bond donors (Lipinski definition) is 3. The summed E-state index contributed by atoms with van der Waals surface area (Å²) in [5.74, 6) is 4.31. The van der Waals surface area contributed by atoms with Gasteiger partial charge in [0, 0.05) is 25.9 Å². The van der Waals surface area contributed by atoms with Gasteiger partial charge in [-0.25, -0.2) is 19.2 Å². The Labute approximate surface area is 594 Å². The summed E-state index contributed by atoms with van der Waals surface area (Å²) in [4.78, 5) is 58.8. The molecule has 552 valence electrons. The van der Waals surface area contributed by atoms with Crippen molar-refractivity contribution in [3.8, 4) is 34.5 Å². The summed E-state index contributed by atoms with van der Waals surface area (Å²) in [7, 11) is 0. The minimum atomic E-state index is -0.773. The smallest absolute Gasteiger partial charge is 0.491 e. The zero-order valence-corrected chi connectivity index (χ0v) is 58.6. The van der Waals surface area contributed by atoms with Crippen molar-refractivity contribution in [3.63, 3.8) is 0 Å². The molecule has 101 heavy (non-hydrogen) atoms. The quantitative estimate of drug-likeness (QED) is 0.0182. The number of unbranched alkanes of at least 4 members (excludes halogenated alkanes) is 10. The number of carbonyl (C=O) groups excluding carboxylic acids is 5. The van der Waals surface area contributed by atoms with Crippen LogP contribution in [0.5, 0.6) is 34.5 Å². The van der Waals surface area contributed by atoms with E-state index in [1.54, 1.807) is 25.1 Å². The number of aliphatic hydroxyl groups is 3. The van der Waals surface area contributed by atoms with E-state index >= 15 is 0 Å². The van der Waals surface area contributed by atoms with Crippen molar-refractivity contribution in [2.75, 3.05) is 112 Å².